The van der Waals surface area contributed by atoms with Crippen LogP contribution < -0.4 is 4.74 Å². The molecule has 0 saturated carbocycles. The Hall–Kier alpha value is -2.93. The summed E-state index contributed by atoms with van der Waals surface area (Å²) in [6, 6.07) is 11.4. The van der Waals surface area contributed by atoms with Crippen LogP contribution in [0.1, 0.15) is 55.7 Å². The molecule has 0 unspecified atom stereocenters. The minimum atomic E-state index is -0.0765. The average molecular weight is 448 g/mol. The van der Waals surface area contributed by atoms with Crippen molar-refractivity contribution < 1.29 is 9.53 Å². The van der Waals surface area contributed by atoms with Crippen molar-refractivity contribution in [1.29, 1.82) is 0 Å². The lowest BCUT2D eigenvalue weighted by molar-refractivity contribution is 0.0683. The van der Waals surface area contributed by atoms with Crippen molar-refractivity contribution in [1.82, 2.24) is 24.3 Å². The second-order valence-corrected chi connectivity index (χ2v) is 9.27. The molecule has 7 nitrogen and oxygen atoms in total. The summed E-state index contributed by atoms with van der Waals surface area (Å²) < 4.78 is 8.41. The summed E-state index contributed by atoms with van der Waals surface area (Å²) in [5, 5.41) is 1.21. The zero-order valence-corrected chi connectivity index (χ0v) is 19.4. The number of rotatable bonds is 7. The van der Waals surface area contributed by atoms with Gasteiger partial charge in [-0.05, 0) is 75.9 Å². The molecule has 5 rings (SSSR count). The Morgan fingerprint density at radius 2 is 1.91 bits per heavy atom. The van der Waals surface area contributed by atoms with E-state index in [1.54, 1.807) is 18.5 Å². The summed E-state index contributed by atoms with van der Waals surface area (Å²) in [7, 11) is 0. The maximum Gasteiger partial charge on any atom is 0.291 e. The van der Waals surface area contributed by atoms with Crippen LogP contribution in [0.15, 0.2) is 48.9 Å². The first-order chi connectivity index (χ1) is 16.2. The third-order valence-corrected chi connectivity index (χ3v) is 7.14. The van der Waals surface area contributed by atoms with E-state index >= 15 is 0 Å². The van der Waals surface area contributed by atoms with Gasteiger partial charge < -0.3 is 19.1 Å². The second-order valence-electron chi connectivity index (χ2n) is 9.27. The van der Waals surface area contributed by atoms with E-state index in [0.717, 1.165) is 57.3 Å². The predicted molar refractivity (Wildman–Crippen MR) is 129 cm³/mol. The van der Waals surface area contributed by atoms with E-state index < -0.39 is 0 Å². The van der Waals surface area contributed by atoms with Crippen molar-refractivity contribution in [3.05, 3.63) is 54.7 Å². The number of hydrogen-bond donors (Lipinski definition) is 0. The smallest absolute Gasteiger partial charge is 0.291 e. The highest BCUT2D eigenvalue weighted by Gasteiger charge is 2.26. The van der Waals surface area contributed by atoms with Crippen LogP contribution in [0.3, 0.4) is 0 Å². The molecule has 0 N–H and O–H groups in total. The average Bonchev–Trinajstić information content (AvgIpc) is 3.47. The summed E-state index contributed by atoms with van der Waals surface area (Å²) in [6.07, 6.45) is 11.0. The van der Waals surface area contributed by atoms with Crippen LogP contribution in [0, 0.1) is 0 Å². The number of benzene rings is 1. The summed E-state index contributed by atoms with van der Waals surface area (Å²) >= 11 is 0. The molecule has 1 amide bonds. The Bertz CT molecular complexity index is 1070. The first-order valence-corrected chi connectivity index (χ1v) is 12.2. The van der Waals surface area contributed by atoms with Gasteiger partial charge in [0.2, 0.25) is 5.82 Å². The van der Waals surface area contributed by atoms with Crippen molar-refractivity contribution in [2.45, 2.75) is 51.1 Å². The number of amides is 1. The quantitative estimate of drug-likeness (QED) is 0.509. The van der Waals surface area contributed by atoms with Crippen molar-refractivity contribution in [3.8, 4) is 5.75 Å². The van der Waals surface area contributed by atoms with E-state index in [0.29, 0.717) is 6.04 Å². The Morgan fingerprint density at radius 1 is 1.09 bits per heavy atom. The second kappa shape index (κ2) is 9.91. The number of carbonyl (C=O) groups excluding carboxylic acids is 1. The zero-order valence-electron chi connectivity index (χ0n) is 19.4. The van der Waals surface area contributed by atoms with Crippen LogP contribution in [0.5, 0.6) is 5.75 Å². The molecule has 0 aliphatic carbocycles. The van der Waals surface area contributed by atoms with E-state index in [9.17, 15) is 4.79 Å². The lowest BCUT2D eigenvalue weighted by Gasteiger charge is -2.32. The lowest BCUT2D eigenvalue weighted by Crippen LogP contribution is -2.39. The number of aromatic nitrogens is 3. The fourth-order valence-electron chi connectivity index (χ4n) is 5.23. The minimum absolute atomic E-state index is 0.0765. The van der Waals surface area contributed by atoms with Crippen molar-refractivity contribution in [2.75, 3.05) is 32.8 Å². The fraction of sp³-hybridized carbons (Fsp3) is 0.500. The number of likely N-dealkylation sites (tertiary alicyclic amines) is 2. The number of piperidine rings is 1. The molecule has 7 heteroatoms. The van der Waals surface area contributed by atoms with Gasteiger partial charge in [0.25, 0.3) is 5.91 Å². The lowest BCUT2D eigenvalue weighted by atomic mass is 10.0. The largest absolute Gasteiger partial charge is 0.494 e. The number of nitrogens with zero attached hydrogens (tertiary/aromatic N) is 5. The molecule has 1 atom stereocenters. The molecule has 1 aromatic carbocycles. The minimum Gasteiger partial charge on any atom is -0.494 e. The van der Waals surface area contributed by atoms with E-state index in [4.69, 9.17) is 4.74 Å². The first kappa shape index (κ1) is 21.9. The Labute approximate surface area is 195 Å². The molecule has 0 bridgehead atoms. The van der Waals surface area contributed by atoms with Gasteiger partial charge in [-0.2, -0.15) is 0 Å². The molecule has 2 fully saturated rings. The van der Waals surface area contributed by atoms with Gasteiger partial charge >= 0.3 is 0 Å². The SMILES string of the molecule is C[C@@H]1CCCN1CCCOc1ccc2c(ccn2C2CCN(C(=O)c3ncccn3)CC2)c1. The van der Waals surface area contributed by atoms with Crippen LogP contribution in [-0.4, -0.2) is 69.1 Å². The monoisotopic (exact) mass is 447 g/mol. The summed E-state index contributed by atoms with van der Waals surface area (Å²) in [5.41, 5.74) is 1.23. The summed E-state index contributed by atoms with van der Waals surface area (Å²) in [5.74, 6) is 1.15. The van der Waals surface area contributed by atoms with Gasteiger partial charge in [0.1, 0.15) is 5.75 Å². The maximum atomic E-state index is 12.6. The number of fused-ring (bicyclic) bond motifs is 1. The van der Waals surface area contributed by atoms with Crippen LogP contribution in [0.25, 0.3) is 10.9 Å². The van der Waals surface area contributed by atoms with E-state index in [1.165, 1.54) is 30.3 Å². The Balaban J connectivity index is 1.15. The van der Waals surface area contributed by atoms with Crippen molar-refractivity contribution in [3.63, 3.8) is 0 Å². The highest BCUT2D eigenvalue weighted by atomic mass is 16.5. The number of carbonyl (C=O) groups is 1. The van der Waals surface area contributed by atoms with Gasteiger partial charge in [-0.1, -0.05) is 0 Å². The normalized spacial score (nSPS) is 19.9. The molecule has 0 radical (unpaired) electrons. The van der Waals surface area contributed by atoms with E-state index in [2.05, 4.69) is 56.8 Å². The standard InChI is InChI=1S/C26H33N5O2/c1-20-5-2-13-29(20)14-4-18-33-23-6-7-24-21(19-23)8-17-31(24)22-9-15-30(16-10-22)26(32)25-27-11-3-12-28-25/h3,6-8,11-12,17,19-20,22H,2,4-5,9-10,13-16,18H2,1H3/t20-/m1/s1. The molecule has 33 heavy (non-hydrogen) atoms. The Morgan fingerprint density at radius 3 is 2.67 bits per heavy atom. The maximum absolute atomic E-state index is 12.6. The molecular weight excluding hydrogens is 414 g/mol. The van der Waals surface area contributed by atoms with E-state index in [-0.39, 0.29) is 11.7 Å². The van der Waals surface area contributed by atoms with Gasteiger partial charge in [0.05, 0.1) is 6.61 Å². The first-order valence-electron chi connectivity index (χ1n) is 12.2. The van der Waals surface area contributed by atoms with Gasteiger partial charge in [0, 0.05) is 61.2 Å². The molecule has 4 heterocycles. The van der Waals surface area contributed by atoms with Crippen LogP contribution >= 0.6 is 0 Å². The molecule has 0 spiro atoms. The molecular formula is C26H33N5O2. The molecule has 3 aromatic rings. The topological polar surface area (TPSA) is 63.5 Å². The van der Waals surface area contributed by atoms with Crippen LogP contribution in [-0.2, 0) is 0 Å². The van der Waals surface area contributed by atoms with Gasteiger partial charge in [-0.3, -0.25) is 4.79 Å². The number of ether oxygens (including phenoxy) is 1. The van der Waals surface area contributed by atoms with Crippen LogP contribution in [0.2, 0.25) is 0 Å². The third kappa shape index (κ3) is 4.88. The van der Waals surface area contributed by atoms with Gasteiger partial charge in [0.15, 0.2) is 0 Å². The zero-order chi connectivity index (χ0) is 22.6. The van der Waals surface area contributed by atoms with Gasteiger partial charge in [-0.15, -0.1) is 0 Å². The molecule has 2 saturated heterocycles. The highest BCUT2D eigenvalue weighted by molar-refractivity contribution is 5.90. The predicted octanol–water partition coefficient (Wildman–Crippen LogP) is 4.16. The van der Waals surface area contributed by atoms with Crippen LogP contribution in [0.4, 0.5) is 0 Å². The van der Waals surface area contributed by atoms with Gasteiger partial charge in [-0.25, -0.2) is 9.97 Å². The molecule has 2 aliphatic heterocycles. The Kier molecular flexibility index (Phi) is 6.58. The molecule has 2 aromatic heterocycles. The summed E-state index contributed by atoms with van der Waals surface area (Å²) in [6.45, 7) is 6.88. The molecule has 174 valence electrons. The van der Waals surface area contributed by atoms with Crippen molar-refractivity contribution in [2.24, 2.45) is 0 Å². The molecule has 2 aliphatic rings. The summed E-state index contributed by atoms with van der Waals surface area (Å²) in [4.78, 5) is 25.3. The number of hydrogen-bond acceptors (Lipinski definition) is 5. The highest BCUT2D eigenvalue weighted by Crippen LogP contribution is 2.30. The van der Waals surface area contributed by atoms with E-state index in [1.807, 2.05) is 4.90 Å². The fourth-order valence-corrected chi connectivity index (χ4v) is 5.23. The van der Waals surface area contributed by atoms with Crippen molar-refractivity contribution >= 4 is 16.8 Å². The third-order valence-electron chi connectivity index (χ3n) is 7.14.